The van der Waals surface area contributed by atoms with Gasteiger partial charge in [0.2, 0.25) is 0 Å². The Kier molecular flexibility index (Phi) is 5.69. The molecule has 0 spiro atoms. The van der Waals surface area contributed by atoms with Crippen LogP contribution in [-0.2, 0) is 6.54 Å². The molecule has 1 aromatic carbocycles. The van der Waals surface area contributed by atoms with E-state index in [0.717, 1.165) is 43.6 Å². The van der Waals surface area contributed by atoms with E-state index in [1.54, 1.807) is 35.4 Å². The minimum absolute atomic E-state index is 0.0919. The van der Waals surface area contributed by atoms with Gasteiger partial charge in [-0.05, 0) is 49.1 Å². The number of amides is 1. The van der Waals surface area contributed by atoms with E-state index in [0.29, 0.717) is 11.4 Å². The van der Waals surface area contributed by atoms with Crippen molar-refractivity contribution in [1.29, 1.82) is 0 Å². The highest BCUT2D eigenvalue weighted by Gasteiger charge is 2.21. The van der Waals surface area contributed by atoms with E-state index in [4.69, 9.17) is 0 Å². The van der Waals surface area contributed by atoms with Crippen molar-refractivity contribution in [2.75, 3.05) is 18.0 Å². The normalized spacial score (nSPS) is 13.8. The summed E-state index contributed by atoms with van der Waals surface area (Å²) >= 11 is 0. The number of piperidine rings is 1. The van der Waals surface area contributed by atoms with Gasteiger partial charge in [-0.1, -0.05) is 0 Å². The Labute approximate surface area is 173 Å². The van der Waals surface area contributed by atoms with Gasteiger partial charge in [-0.2, -0.15) is 5.10 Å². The van der Waals surface area contributed by atoms with E-state index in [2.05, 4.69) is 20.3 Å². The number of carbonyl (C=O) groups excluding carboxylic acids is 1. The lowest BCUT2D eigenvalue weighted by atomic mass is 10.1. The Bertz CT molecular complexity index is 1040. The summed E-state index contributed by atoms with van der Waals surface area (Å²) in [5, 5.41) is 18.3. The first-order chi connectivity index (χ1) is 14.6. The number of anilines is 1. The summed E-state index contributed by atoms with van der Waals surface area (Å²) < 4.78 is 1.64. The number of nitro benzene ring substituents is 1. The summed E-state index contributed by atoms with van der Waals surface area (Å²) in [4.78, 5) is 30.1. The number of hydrogen-bond acceptors (Lipinski definition) is 6. The Morgan fingerprint density at radius 1 is 1.13 bits per heavy atom. The molecule has 1 amide bonds. The second-order valence-corrected chi connectivity index (χ2v) is 7.16. The highest BCUT2D eigenvalue weighted by atomic mass is 16.6. The van der Waals surface area contributed by atoms with E-state index in [1.807, 2.05) is 12.1 Å². The number of nitrogens with one attached hydrogen (secondary N) is 1. The molecule has 0 bridgehead atoms. The molecule has 9 nitrogen and oxygen atoms in total. The Morgan fingerprint density at radius 2 is 1.97 bits per heavy atom. The summed E-state index contributed by atoms with van der Waals surface area (Å²) in [6.45, 7) is 1.96. The number of rotatable bonds is 6. The van der Waals surface area contributed by atoms with Gasteiger partial charge in [-0.25, -0.2) is 9.67 Å². The van der Waals surface area contributed by atoms with E-state index in [9.17, 15) is 14.9 Å². The molecule has 1 aliphatic heterocycles. The highest BCUT2D eigenvalue weighted by molar-refractivity contribution is 6.00. The molecule has 0 saturated carbocycles. The second-order valence-electron chi connectivity index (χ2n) is 7.16. The molecule has 1 aliphatic rings. The summed E-state index contributed by atoms with van der Waals surface area (Å²) in [6.07, 6.45) is 8.37. The third-order valence-electron chi connectivity index (χ3n) is 5.13. The molecule has 3 heterocycles. The molecule has 1 fully saturated rings. The fourth-order valence-corrected chi connectivity index (χ4v) is 3.61. The Morgan fingerprint density at radius 3 is 2.70 bits per heavy atom. The van der Waals surface area contributed by atoms with Crippen molar-refractivity contribution >= 4 is 17.3 Å². The average molecular weight is 406 g/mol. The molecule has 0 unspecified atom stereocenters. The van der Waals surface area contributed by atoms with Crippen LogP contribution in [0, 0.1) is 10.1 Å². The molecule has 0 atom stereocenters. The van der Waals surface area contributed by atoms with Crippen LogP contribution in [0.4, 0.5) is 11.4 Å². The van der Waals surface area contributed by atoms with Crippen molar-refractivity contribution in [3.05, 3.63) is 76.2 Å². The molecule has 2 aromatic heterocycles. The number of aromatic nitrogens is 3. The predicted molar refractivity (Wildman–Crippen MR) is 112 cm³/mol. The van der Waals surface area contributed by atoms with Gasteiger partial charge in [0.25, 0.3) is 11.6 Å². The third-order valence-corrected chi connectivity index (χ3v) is 5.13. The van der Waals surface area contributed by atoms with Gasteiger partial charge in [-0.3, -0.25) is 14.9 Å². The smallest absolute Gasteiger partial charge is 0.270 e. The van der Waals surface area contributed by atoms with Crippen LogP contribution in [0.15, 0.2) is 55.0 Å². The van der Waals surface area contributed by atoms with Crippen molar-refractivity contribution in [1.82, 2.24) is 20.1 Å². The number of nitro groups is 1. The molecule has 4 rings (SSSR count). The van der Waals surface area contributed by atoms with Crippen LogP contribution >= 0.6 is 0 Å². The van der Waals surface area contributed by atoms with E-state index < -0.39 is 4.92 Å². The maximum absolute atomic E-state index is 13.0. The topological polar surface area (TPSA) is 106 Å². The van der Waals surface area contributed by atoms with Crippen LogP contribution in [0.5, 0.6) is 0 Å². The zero-order chi connectivity index (χ0) is 20.9. The van der Waals surface area contributed by atoms with Crippen molar-refractivity contribution in [2.24, 2.45) is 0 Å². The largest absolute Gasteiger partial charge is 0.371 e. The van der Waals surface area contributed by atoms with Crippen molar-refractivity contribution in [2.45, 2.75) is 25.8 Å². The highest BCUT2D eigenvalue weighted by Crippen LogP contribution is 2.28. The van der Waals surface area contributed by atoms with Crippen LogP contribution < -0.4 is 10.2 Å². The van der Waals surface area contributed by atoms with E-state index in [-0.39, 0.29) is 18.1 Å². The van der Waals surface area contributed by atoms with E-state index >= 15 is 0 Å². The lowest BCUT2D eigenvalue weighted by molar-refractivity contribution is -0.384. The van der Waals surface area contributed by atoms with Gasteiger partial charge in [0.1, 0.15) is 0 Å². The Hall–Kier alpha value is -3.75. The van der Waals surface area contributed by atoms with E-state index in [1.165, 1.54) is 12.1 Å². The fraction of sp³-hybridized carbons (Fsp3) is 0.286. The van der Waals surface area contributed by atoms with Gasteiger partial charge < -0.3 is 10.2 Å². The molecule has 154 valence electrons. The minimum atomic E-state index is -0.476. The summed E-state index contributed by atoms with van der Waals surface area (Å²) in [5.41, 5.74) is 1.83. The fourth-order valence-electron chi connectivity index (χ4n) is 3.61. The molecular formula is C21H22N6O3. The lowest BCUT2D eigenvalue weighted by Gasteiger charge is -2.30. The number of benzene rings is 1. The summed E-state index contributed by atoms with van der Waals surface area (Å²) in [5.74, 6) is 0.313. The number of hydrogen-bond donors (Lipinski definition) is 1. The van der Waals surface area contributed by atoms with Crippen molar-refractivity contribution in [3.63, 3.8) is 0 Å². The lowest BCUT2D eigenvalue weighted by Crippen LogP contribution is -2.32. The third kappa shape index (κ3) is 4.29. The zero-order valence-electron chi connectivity index (χ0n) is 16.4. The molecule has 1 saturated heterocycles. The zero-order valence-corrected chi connectivity index (χ0v) is 16.4. The van der Waals surface area contributed by atoms with Crippen LogP contribution in [0.2, 0.25) is 0 Å². The number of pyridine rings is 1. The van der Waals surface area contributed by atoms with Gasteiger partial charge in [0, 0.05) is 50.4 Å². The molecule has 9 heteroatoms. The molecule has 30 heavy (non-hydrogen) atoms. The number of carbonyl (C=O) groups is 1. The molecule has 3 aromatic rings. The van der Waals surface area contributed by atoms with Crippen LogP contribution in [0.3, 0.4) is 0 Å². The van der Waals surface area contributed by atoms with Crippen molar-refractivity contribution in [3.8, 4) is 5.82 Å². The molecule has 0 aliphatic carbocycles. The van der Waals surface area contributed by atoms with Crippen LogP contribution in [0.25, 0.3) is 5.82 Å². The second kappa shape index (κ2) is 8.73. The van der Waals surface area contributed by atoms with Crippen LogP contribution in [-0.4, -0.2) is 38.7 Å². The first kappa shape index (κ1) is 19.6. The quantitative estimate of drug-likeness (QED) is 0.498. The SMILES string of the molecule is O=C(NCc1ccnc(-n2cccn2)c1)c1cc([N+](=O)[O-])ccc1N1CCCCC1. The van der Waals surface area contributed by atoms with Gasteiger partial charge in [-0.15, -0.1) is 0 Å². The minimum Gasteiger partial charge on any atom is -0.371 e. The first-order valence-electron chi connectivity index (χ1n) is 9.88. The maximum Gasteiger partial charge on any atom is 0.270 e. The Balaban J connectivity index is 1.54. The van der Waals surface area contributed by atoms with Crippen LogP contribution in [0.1, 0.15) is 35.2 Å². The summed E-state index contributed by atoms with van der Waals surface area (Å²) in [7, 11) is 0. The molecular weight excluding hydrogens is 384 g/mol. The van der Waals surface area contributed by atoms with Crippen molar-refractivity contribution < 1.29 is 9.72 Å². The monoisotopic (exact) mass is 406 g/mol. The average Bonchev–Trinajstić information content (AvgIpc) is 3.33. The maximum atomic E-state index is 13.0. The van der Waals surface area contributed by atoms with Gasteiger partial charge in [0.15, 0.2) is 5.82 Å². The molecule has 0 radical (unpaired) electrons. The summed E-state index contributed by atoms with van der Waals surface area (Å²) in [6, 6.07) is 9.96. The molecule has 1 N–H and O–H groups in total. The van der Waals surface area contributed by atoms with Gasteiger partial charge >= 0.3 is 0 Å². The standard InChI is InChI=1S/C21H22N6O3/c28-21(23-15-16-7-9-22-20(13-16)26-12-4-8-24-26)18-14-17(27(29)30)5-6-19(18)25-10-2-1-3-11-25/h4-9,12-14H,1-3,10-11,15H2,(H,23,28). The first-order valence-corrected chi connectivity index (χ1v) is 9.88. The van der Waals surface area contributed by atoms with Gasteiger partial charge in [0.05, 0.1) is 16.2 Å². The predicted octanol–water partition coefficient (Wildman–Crippen LogP) is 3.10. The number of non-ortho nitro benzene ring substituents is 1. The number of nitrogens with zero attached hydrogens (tertiary/aromatic N) is 5.